The number of para-hydroxylation sites is 6. The molecule has 9 aromatic heterocycles. The average Bonchev–Trinajstić information content (AvgIpc) is 4.40. The molecular weight excluding hydrogens is 997 g/mol. The number of tetrazole rings is 3. The molecule has 3 aromatic carbocycles. The summed E-state index contributed by atoms with van der Waals surface area (Å²) < 4.78 is 28.0. The Hall–Kier alpha value is -10.5. The molecule has 0 amide bonds. The second-order valence-electron chi connectivity index (χ2n) is 17.8. The van der Waals surface area contributed by atoms with Gasteiger partial charge in [0.1, 0.15) is 37.3 Å². The van der Waals surface area contributed by atoms with Crippen molar-refractivity contribution >= 4 is 50.6 Å². The number of rotatable bonds is 16. The molecule has 0 atom stereocenters. The smallest absolute Gasteiger partial charge is 0.305 e. The maximum atomic E-state index is 6.00. The minimum atomic E-state index is 0.280. The van der Waals surface area contributed by atoms with Crippen molar-refractivity contribution in [3.8, 4) is 35.9 Å². The van der Waals surface area contributed by atoms with Crippen molar-refractivity contribution in [3.63, 3.8) is 0 Å². The number of anilines is 3. The standard InChI is InChI=1S/C18H20N8O.C17H18N8O.C16H16N8O/c1-12(2)19-16-10-6-7-13(20-16)11-27-18-21-14-8-4-5-9-15(14)26(18)17-22-23-24-25(17)3;1-23(2)15-10-6-7-12(18-15)11-26-17-19-13-8-4-5-9-14(13)25(17)16-20-21-22-24(16)3;1-17-14-9-5-6-11(18-14)10-25-16-19-12-7-3-4-8-13(12)24(16)15-20-21-22-23(15)2/h4-10,12H,11H2,1-3H3,(H,19,20);4-10H,11H2,1-3H3;3-9H,10H2,1-2H3,(H,17,18). The Morgan fingerprint density at radius 2 is 0.821 bits per heavy atom. The fraction of sp³-hybridized carbons (Fsp3) is 0.235. The summed E-state index contributed by atoms with van der Waals surface area (Å²) >= 11 is 0. The molecule has 27 heteroatoms. The fourth-order valence-corrected chi connectivity index (χ4v) is 7.97. The largest absolute Gasteiger partial charge is 0.458 e. The number of fused-ring (bicyclic) bond motifs is 3. The van der Waals surface area contributed by atoms with Crippen molar-refractivity contribution in [1.82, 2.24) is 104 Å². The van der Waals surface area contributed by atoms with Gasteiger partial charge in [0, 0.05) is 48.3 Å². The van der Waals surface area contributed by atoms with E-state index in [1.54, 1.807) is 48.9 Å². The third kappa shape index (κ3) is 11.3. The summed E-state index contributed by atoms with van der Waals surface area (Å²) in [6.07, 6.45) is 0. The van der Waals surface area contributed by atoms with Crippen molar-refractivity contribution in [2.24, 2.45) is 21.1 Å². The van der Waals surface area contributed by atoms with Gasteiger partial charge >= 0.3 is 18.0 Å². The molecule has 2 N–H and O–H groups in total. The van der Waals surface area contributed by atoms with Gasteiger partial charge in [0.25, 0.3) is 17.8 Å². The Morgan fingerprint density at radius 1 is 0.449 bits per heavy atom. The molecule has 78 heavy (non-hydrogen) atoms. The molecule has 0 saturated carbocycles. The van der Waals surface area contributed by atoms with Crippen molar-refractivity contribution in [2.45, 2.75) is 39.7 Å². The van der Waals surface area contributed by atoms with E-state index in [4.69, 9.17) is 14.2 Å². The number of hydrogen-bond acceptors (Lipinski definition) is 21. The van der Waals surface area contributed by atoms with Gasteiger partial charge in [-0.15, -0.1) is 0 Å². The lowest BCUT2D eigenvalue weighted by molar-refractivity contribution is 0.272. The van der Waals surface area contributed by atoms with Gasteiger partial charge in [0.15, 0.2) is 0 Å². The Balaban J connectivity index is 0.000000132. The lowest BCUT2D eigenvalue weighted by atomic mass is 10.3. The van der Waals surface area contributed by atoms with Gasteiger partial charge in [-0.2, -0.15) is 15.0 Å². The van der Waals surface area contributed by atoms with Gasteiger partial charge in [0.2, 0.25) is 0 Å². The highest BCUT2D eigenvalue weighted by molar-refractivity contribution is 5.80. The molecule has 0 spiro atoms. The molecule has 396 valence electrons. The van der Waals surface area contributed by atoms with E-state index >= 15 is 0 Å². The van der Waals surface area contributed by atoms with Crippen LogP contribution in [-0.4, -0.2) is 131 Å². The molecule has 0 saturated heterocycles. The molecule has 9 heterocycles. The lowest BCUT2D eigenvalue weighted by Crippen LogP contribution is -2.12. The number of aryl methyl sites for hydroxylation is 3. The zero-order valence-corrected chi connectivity index (χ0v) is 43.9. The lowest BCUT2D eigenvalue weighted by Gasteiger charge is -2.12. The van der Waals surface area contributed by atoms with Crippen molar-refractivity contribution in [3.05, 3.63) is 144 Å². The predicted octanol–water partition coefficient (Wildman–Crippen LogP) is 5.50. The van der Waals surface area contributed by atoms with Crippen LogP contribution < -0.4 is 29.7 Å². The Kier molecular flexibility index (Phi) is 15.0. The fourth-order valence-electron chi connectivity index (χ4n) is 7.97. The highest BCUT2D eigenvalue weighted by Crippen LogP contribution is 2.28. The second kappa shape index (κ2) is 23.0. The third-order valence-electron chi connectivity index (χ3n) is 11.6. The van der Waals surface area contributed by atoms with Gasteiger partial charge in [-0.05, 0) is 118 Å². The number of hydrogen-bond donors (Lipinski definition) is 2. The van der Waals surface area contributed by atoms with Gasteiger partial charge < -0.3 is 29.7 Å². The first kappa shape index (κ1) is 51.0. The third-order valence-corrected chi connectivity index (χ3v) is 11.6. The molecule has 27 nitrogen and oxygen atoms in total. The summed E-state index contributed by atoms with van der Waals surface area (Å²) in [5.41, 5.74) is 7.43. The number of ether oxygens (including phenoxy) is 3. The topological polar surface area (TPSA) is 278 Å². The van der Waals surface area contributed by atoms with E-state index in [0.29, 0.717) is 41.9 Å². The average molecular weight is 1050 g/mol. The molecule has 0 aliphatic rings. The summed E-state index contributed by atoms with van der Waals surface area (Å²) in [6, 6.07) is 42.1. The highest BCUT2D eigenvalue weighted by Gasteiger charge is 2.21. The van der Waals surface area contributed by atoms with E-state index in [9.17, 15) is 0 Å². The van der Waals surface area contributed by atoms with Crippen molar-refractivity contribution < 1.29 is 14.2 Å². The van der Waals surface area contributed by atoms with Crippen LogP contribution >= 0.6 is 0 Å². The van der Waals surface area contributed by atoms with E-state index in [1.807, 2.05) is 153 Å². The van der Waals surface area contributed by atoms with Crippen LogP contribution in [0.3, 0.4) is 0 Å². The van der Waals surface area contributed by atoms with Gasteiger partial charge in [-0.3, -0.25) is 0 Å². The number of pyridine rings is 3. The first-order valence-corrected chi connectivity index (χ1v) is 24.5. The van der Waals surface area contributed by atoms with Crippen LogP contribution in [0.4, 0.5) is 17.5 Å². The van der Waals surface area contributed by atoms with Crippen LogP contribution in [0.5, 0.6) is 18.0 Å². The molecule has 12 aromatic rings. The minimum absolute atomic E-state index is 0.280. The second-order valence-corrected chi connectivity index (χ2v) is 17.8. The number of nitrogens with one attached hydrogen (secondary N) is 2. The summed E-state index contributed by atoms with van der Waals surface area (Å²) in [6.45, 7) is 4.99. The van der Waals surface area contributed by atoms with Crippen molar-refractivity contribution in [2.75, 3.05) is 36.7 Å². The highest BCUT2D eigenvalue weighted by atomic mass is 16.5. The van der Waals surface area contributed by atoms with Crippen LogP contribution in [0.2, 0.25) is 0 Å². The number of imidazole rings is 3. The zero-order valence-electron chi connectivity index (χ0n) is 43.9. The Bertz CT molecular complexity index is 3950. The number of benzene rings is 3. The maximum absolute atomic E-state index is 6.00. The van der Waals surface area contributed by atoms with Crippen LogP contribution in [0.25, 0.3) is 50.9 Å². The monoisotopic (exact) mass is 1050 g/mol. The normalized spacial score (nSPS) is 11.1. The van der Waals surface area contributed by atoms with E-state index in [0.717, 1.165) is 67.6 Å². The summed E-state index contributed by atoms with van der Waals surface area (Å²) in [4.78, 5) is 29.3. The first-order valence-electron chi connectivity index (χ1n) is 24.5. The zero-order chi connectivity index (χ0) is 54.1. The van der Waals surface area contributed by atoms with E-state index in [2.05, 4.69) is 101 Å². The quantitative estimate of drug-likeness (QED) is 0.121. The SMILES string of the molecule is CC(C)Nc1cccc(COc2nc3ccccc3n2-c2nnnn2C)n1.CN(C)c1cccc(COc2nc3ccccc3n2-c2nnnn2C)n1.CNc1cccc(COc2nc3ccccc3n2-c2nnnn2C)n1. The Labute approximate surface area is 445 Å². The van der Waals surface area contributed by atoms with Gasteiger partial charge in [-0.1, -0.05) is 69.9 Å². The molecule has 0 aliphatic heterocycles. The number of aromatic nitrogens is 21. The Morgan fingerprint density at radius 3 is 1.19 bits per heavy atom. The van der Waals surface area contributed by atoms with E-state index in [1.165, 1.54) is 0 Å². The van der Waals surface area contributed by atoms with Gasteiger partial charge in [-0.25, -0.2) is 42.7 Å². The predicted molar refractivity (Wildman–Crippen MR) is 289 cm³/mol. The van der Waals surface area contributed by atoms with Crippen LogP contribution in [0.15, 0.2) is 127 Å². The molecule has 12 rings (SSSR count). The molecule has 0 radical (unpaired) electrons. The maximum Gasteiger partial charge on any atom is 0.305 e. The van der Waals surface area contributed by atoms with E-state index in [-0.39, 0.29) is 19.8 Å². The van der Waals surface area contributed by atoms with Crippen LogP contribution in [-0.2, 0) is 41.0 Å². The van der Waals surface area contributed by atoms with E-state index < -0.39 is 0 Å². The van der Waals surface area contributed by atoms with Gasteiger partial charge in [0.05, 0.1) is 50.2 Å². The summed E-state index contributed by atoms with van der Waals surface area (Å²) in [5, 5.41) is 41.4. The molecular formula is C51H54N24O3. The summed E-state index contributed by atoms with van der Waals surface area (Å²) in [7, 11) is 11.0. The first-order chi connectivity index (χ1) is 38.0. The number of nitrogens with zero attached hydrogens (tertiary/aromatic N) is 22. The van der Waals surface area contributed by atoms with Crippen molar-refractivity contribution in [1.29, 1.82) is 0 Å². The van der Waals surface area contributed by atoms with Crippen LogP contribution in [0.1, 0.15) is 30.9 Å². The summed E-state index contributed by atoms with van der Waals surface area (Å²) in [5.74, 6) is 4.06. The minimum Gasteiger partial charge on any atom is -0.458 e. The molecule has 0 bridgehead atoms. The molecule has 0 aliphatic carbocycles. The molecule has 0 fully saturated rings. The molecule has 0 unspecified atom stereocenters. The van der Waals surface area contributed by atoms with Crippen LogP contribution in [0, 0.1) is 0 Å².